The maximum atomic E-state index is 13.7. The molecule has 12 nitrogen and oxygen atoms in total. The van der Waals surface area contributed by atoms with Crippen molar-refractivity contribution in [1.29, 1.82) is 0 Å². The number of unbranched alkanes of at least 4 members (excludes halogenated alkanes) is 1. The molecule has 0 aliphatic rings. The Morgan fingerprint density at radius 3 is 1.82 bits per heavy atom. The van der Waals surface area contributed by atoms with E-state index in [-0.39, 0.29) is 38.0 Å². The molecule has 4 atom stereocenters. The van der Waals surface area contributed by atoms with Crippen molar-refractivity contribution < 1.29 is 29.2 Å². The molecule has 0 bridgehead atoms. The second kappa shape index (κ2) is 20.3. The van der Waals surface area contributed by atoms with E-state index < -0.39 is 54.9 Å². The lowest BCUT2D eigenvalue weighted by Crippen LogP contribution is -2.58. The summed E-state index contributed by atoms with van der Waals surface area (Å²) in [6, 6.07) is 14.7. The van der Waals surface area contributed by atoms with E-state index in [4.69, 9.17) is 21.5 Å². The van der Waals surface area contributed by atoms with Crippen molar-refractivity contribution in [3.63, 3.8) is 0 Å². The predicted molar refractivity (Wildman–Crippen MR) is 174 cm³/mol. The van der Waals surface area contributed by atoms with E-state index in [1.807, 2.05) is 74.5 Å². The van der Waals surface area contributed by atoms with Gasteiger partial charge in [-0.05, 0) is 62.0 Å². The molecule has 0 saturated carbocycles. The van der Waals surface area contributed by atoms with Gasteiger partial charge in [0.05, 0.1) is 6.04 Å². The molecular weight excluding hydrogens is 575 g/mol. The smallest absolute Gasteiger partial charge is 0.427 e. The SMILES string of the molecule is CC(C)CC(NC(=O)[C@@H](Cc1ccccc1)NC(=O)[C@H](N)Cc1ccccc1)C(=O)N[C@H](CCCCN)C(=O)NCCB(O)O. The number of rotatable bonds is 20. The minimum atomic E-state index is -1.57. The van der Waals surface area contributed by atoms with Gasteiger partial charge in [-0.15, -0.1) is 0 Å². The summed E-state index contributed by atoms with van der Waals surface area (Å²) in [5.41, 5.74) is 13.5. The van der Waals surface area contributed by atoms with Crippen LogP contribution in [0.4, 0.5) is 0 Å². The zero-order valence-electron chi connectivity index (χ0n) is 26.3. The number of amides is 4. The van der Waals surface area contributed by atoms with Crippen LogP contribution in [0, 0.1) is 5.92 Å². The molecule has 0 fully saturated rings. The first kappa shape index (κ1) is 37.4. The average molecular weight is 625 g/mol. The fourth-order valence-corrected chi connectivity index (χ4v) is 4.76. The van der Waals surface area contributed by atoms with Gasteiger partial charge in [-0.2, -0.15) is 0 Å². The lowest BCUT2D eigenvalue weighted by Gasteiger charge is -2.27. The van der Waals surface area contributed by atoms with Gasteiger partial charge in [-0.25, -0.2) is 0 Å². The molecular formula is C32H49BN6O6. The third kappa shape index (κ3) is 14.7. The molecule has 0 saturated heterocycles. The van der Waals surface area contributed by atoms with Crippen LogP contribution in [0.25, 0.3) is 0 Å². The highest BCUT2D eigenvalue weighted by atomic mass is 16.4. The molecule has 2 aromatic rings. The quantitative estimate of drug-likeness (QED) is 0.0742. The second-order valence-electron chi connectivity index (χ2n) is 11.6. The summed E-state index contributed by atoms with van der Waals surface area (Å²) in [7, 11) is -1.57. The Morgan fingerprint density at radius 1 is 0.733 bits per heavy atom. The van der Waals surface area contributed by atoms with Gasteiger partial charge in [0, 0.05) is 13.0 Å². The molecule has 0 heterocycles. The Bertz CT molecular complexity index is 1190. The van der Waals surface area contributed by atoms with Gasteiger partial charge < -0.3 is 42.8 Å². The van der Waals surface area contributed by atoms with E-state index in [2.05, 4.69) is 21.3 Å². The molecule has 0 aromatic heterocycles. The zero-order valence-corrected chi connectivity index (χ0v) is 26.3. The van der Waals surface area contributed by atoms with Crippen molar-refractivity contribution >= 4 is 30.7 Å². The lowest BCUT2D eigenvalue weighted by atomic mass is 9.86. The highest BCUT2D eigenvalue weighted by Crippen LogP contribution is 2.10. The maximum Gasteiger partial charge on any atom is 0.453 e. The van der Waals surface area contributed by atoms with Crippen molar-refractivity contribution in [3.05, 3.63) is 71.8 Å². The van der Waals surface area contributed by atoms with Crippen molar-refractivity contribution in [2.45, 2.75) is 82.9 Å². The fourth-order valence-electron chi connectivity index (χ4n) is 4.76. The number of hydrogen-bond donors (Lipinski definition) is 8. The summed E-state index contributed by atoms with van der Waals surface area (Å²) in [5, 5.41) is 29.2. The summed E-state index contributed by atoms with van der Waals surface area (Å²) < 4.78 is 0. The van der Waals surface area contributed by atoms with Crippen LogP contribution in [0.3, 0.4) is 0 Å². The Hall–Kier alpha value is -3.78. The van der Waals surface area contributed by atoms with E-state index in [1.54, 1.807) is 0 Å². The summed E-state index contributed by atoms with van der Waals surface area (Å²) in [6.45, 7) is 4.25. The van der Waals surface area contributed by atoms with Crippen LogP contribution < -0.4 is 32.7 Å². The van der Waals surface area contributed by atoms with Gasteiger partial charge in [0.2, 0.25) is 23.6 Å². The van der Waals surface area contributed by atoms with Gasteiger partial charge in [0.15, 0.2) is 0 Å². The number of nitrogens with one attached hydrogen (secondary N) is 4. The van der Waals surface area contributed by atoms with Crippen molar-refractivity contribution in [1.82, 2.24) is 21.3 Å². The molecule has 45 heavy (non-hydrogen) atoms. The predicted octanol–water partition coefficient (Wildman–Crippen LogP) is 0.0176. The number of nitrogens with two attached hydrogens (primary N) is 2. The second-order valence-corrected chi connectivity index (χ2v) is 11.6. The first-order valence-corrected chi connectivity index (χ1v) is 15.6. The standard InChI is InChI=1S/C32H49BN6O6/c1-22(2)19-27(31(42)37-26(15-9-10-17-34)30(41)36-18-16-33(44)45)39-32(43)28(21-24-13-7-4-8-14-24)38-29(40)25(35)20-23-11-5-3-6-12-23/h3-8,11-14,22,25-28,44-45H,9-10,15-21,34-35H2,1-2H3,(H,36,41)(H,37,42)(H,38,40)(H,39,43)/t25-,26-,27?,28-/m1/s1. The van der Waals surface area contributed by atoms with E-state index in [1.165, 1.54) is 0 Å². The molecule has 246 valence electrons. The molecule has 2 rings (SSSR count). The topological polar surface area (TPSA) is 209 Å². The van der Waals surface area contributed by atoms with Crippen molar-refractivity contribution in [3.8, 4) is 0 Å². The van der Waals surface area contributed by atoms with Crippen LogP contribution in [0.5, 0.6) is 0 Å². The molecule has 0 aliphatic carbocycles. The van der Waals surface area contributed by atoms with Crippen LogP contribution >= 0.6 is 0 Å². The van der Waals surface area contributed by atoms with Crippen LogP contribution in [0.15, 0.2) is 60.7 Å². The van der Waals surface area contributed by atoms with Crippen LogP contribution in [-0.2, 0) is 32.0 Å². The summed E-state index contributed by atoms with van der Waals surface area (Å²) in [6.07, 6.45) is 2.21. The highest BCUT2D eigenvalue weighted by molar-refractivity contribution is 6.41. The Kier molecular flexibility index (Phi) is 16.9. The summed E-state index contributed by atoms with van der Waals surface area (Å²) >= 11 is 0. The maximum absolute atomic E-state index is 13.7. The molecule has 1 unspecified atom stereocenters. The molecule has 0 aliphatic heterocycles. The first-order chi connectivity index (χ1) is 21.5. The van der Waals surface area contributed by atoms with Gasteiger partial charge in [-0.1, -0.05) is 74.5 Å². The van der Waals surface area contributed by atoms with Crippen LogP contribution in [0.2, 0.25) is 6.32 Å². The van der Waals surface area contributed by atoms with Crippen molar-refractivity contribution in [2.75, 3.05) is 13.1 Å². The van der Waals surface area contributed by atoms with Crippen LogP contribution in [0.1, 0.15) is 50.7 Å². The van der Waals surface area contributed by atoms with E-state index >= 15 is 0 Å². The zero-order chi connectivity index (χ0) is 33.2. The third-order valence-corrected chi connectivity index (χ3v) is 7.17. The van der Waals surface area contributed by atoms with Gasteiger partial charge in [-0.3, -0.25) is 19.2 Å². The molecule has 0 radical (unpaired) electrons. The number of hydrogen-bond acceptors (Lipinski definition) is 8. The van der Waals surface area contributed by atoms with E-state index in [9.17, 15) is 19.2 Å². The van der Waals surface area contributed by atoms with Gasteiger partial charge in [0.1, 0.15) is 18.1 Å². The fraction of sp³-hybridized carbons (Fsp3) is 0.500. The molecule has 2 aromatic carbocycles. The molecule has 0 spiro atoms. The minimum Gasteiger partial charge on any atom is -0.427 e. The summed E-state index contributed by atoms with van der Waals surface area (Å²) in [5.74, 6) is -2.06. The Morgan fingerprint density at radius 2 is 1.27 bits per heavy atom. The van der Waals surface area contributed by atoms with Gasteiger partial charge in [0.25, 0.3) is 0 Å². The monoisotopic (exact) mass is 624 g/mol. The number of carbonyl (C=O) groups excluding carboxylic acids is 4. The highest BCUT2D eigenvalue weighted by Gasteiger charge is 2.31. The Balaban J connectivity index is 2.20. The minimum absolute atomic E-state index is 0.0121. The molecule has 10 N–H and O–H groups in total. The van der Waals surface area contributed by atoms with Crippen LogP contribution in [-0.4, -0.2) is 78.1 Å². The normalized spacial score (nSPS) is 13.7. The Labute approximate surface area is 266 Å². The van der Waals surface area contributed by atoms with E-state index in [0.717, 1.165) is 11.1 Å². The van der Waals surface area contributed by atoms with Crippen molar-refractivity contribution in [2.24, 2.45) is 17.4 Å². The summed E-state index contributed by atoms with van der Waals surface area (Å²) in [4.78, 5) is 53.3. The van der Waals surface area contributed by atoms with Gasteiger partial charge >= 0.3 is 7.12 Å². The van der Waals surface area contributed by atoms with E-state index in [0.29, 0.717) is 25.8 Å². The average Bonchev–Trinajstić information content (AvgIpc) is 3.00. The first-order valence-electron chi connectivity index (χ1n) is 15.6. The number of carbonyl (C=O) groups is 4. The largest absolute Gasteiger partial charge is 0.453 e. The lowest BCUT2D eigenvalue weighted by molar-refractivity contribution is -0.134. The number of benzene rings is 2. The molecule has 13 heteroatoms. The molecule has 4 amide bonds. The third-order valence-electron chi connectivity index (χ3n) is 7.17.